The van der Waals surface area contributed by atoms with E-state index < -0.39 is 0 Å². The quantitative estimate of drug-likeness (QED) is 0.722. The van der Waals surface area contributed by atoms with Gasteiger partial charge in [-0.15, -0.1) is 0 Å². The van der Waals surface area contributed by atoms with Gasteiger partial charge in [0.05, 0.1) is 12.3 Å². The van der Waals surface area contributed by atoms with Crippen molar-refractivity contribution in [2.75, 3.05) is 13.7 Å². The molecule has 2 fully saturated rings. The average Bonchev–Trinajstić information content (AvgIpc) is 3.34. The lowest BCUT2D eigenvalue weighted by atomic mass is 10.1. The number of rotatable bonds is 7. The summed E-state index contributed by atoms with van der Waals surface area (Å²) in [6, 6.07) is 12.3. The van der Waals surface area contributed by atoms with Crippen LogP contribution < -0.4 is 5.43 Å². The third-order valence-corrected chi connectivity index (χ3v) is 6.48. The maximum Gasteiger partial charge on any atom is 0.259 e. The van der Waals surface area contributed by atoms with E-state index in [1.54, 1.807) is 13.2 Å². The summed E-state index contributed by atoms with van der Waals surface area (Å²) in [4.78, 5) is 28.2. The summed E-state index contributed by atoms with van der Waals surface area (Å²) >= 11 is 0. The SMILES string of the molecule is COCc1c(C(=O)N2C[C@@H]3CC[C@H]2C3)c(=O)cc(C)n1CCCc1ccccc1. The van der Waals surface area contributed by atoms with Gasteiger partial charge in [-0.25, -0.2) is 0 Å². The Bertz CT molecular complexity index is 935. The van der Waals surface area contributed by atoms with Crippen molar-refractivity contribution < 1.29 is 9.53 Å². The highest BCUT2D eigenvalue weighted by atomic mass is 16.5. The number of aromatic nitrogens is 1. The van der Waals surface area contributed by atoms with Crippen molar-refractivity contribution in [2.24, 2.45) is 5.92 Å². The molecule has 0 spiro atoms. The number of piperidine rings is 1. The Morgan fingerprint density at radius 3 is 2.66 bits per heavy atom. The van der Waals surface area contributed by atoms with Crippen LogP contribution in [0.3, 0.4) is 0 Å². The molecule has 5 heteroatoms. The largest absolute Gasteiger partial charge is 0.378 e. The summed E-state index contributed by atoms with van der Waals surface area (Å²) in [5.74, 6) is 0.499. The van der Waals surface area contributed by atoms with E-state index in [0.717, 1.165) is 50.2 Å². The number of carbonyl (C=O) groups is 1. The molecule has 2 aromatic rings. The molecule has 0 unspecified atom stereocenters. The van der Waals surface area contributed by atoms with E-state index in [0.29, 0.717) is 17.5 Å². The highest BCUT2D eigenvalue weighted by Crippen LogP contribution is 2.38. The number of carbonyl (C=O) groups excluding carboxylic acids is 1. The van der Waals surface area contributed by atoms with Gasteiger partial charge in [-0.2, -0.15) is 0 Å². The Kier molecular flexibility index (Phi) is 5.86. The maximum atomic E-state index is 13.4. The van der Waals surface area contributed by atoms with Crippen LogP contribution in [-0.2, 0) is 24.3 Å². The molecule has 0 N–H and O–H groups in total. The van der Waals surface area contributed by atoms with Crippen molar-refractivity contribution in [1.82, 2.24) is 9.47 Å². The molecule has 2 heterocycles. The fraction of sp³-hybridized carbons (Fsp3) is 0.500. The number of aryl methyl sites for hydroxylation is 2. The third-order valence-electron chi connectivity index (χ3n) is 6.48. The zero-order valence-electron chi connectivity index (χ0n) is 17.4. The first-order valence-electron chi connectivity index (χ1n) is 10.7. The highest BCUT2D eigenvalue weighted by Gasteiger charge is 2.41. The Balaban J connectivity index is 1.61. The minimum absolute atomic E-state index is 0.106. The van der Waals surface area contributed by atoms with E-state index in [2.05, 4.69) is 28.8 Å². The summed E-state index contributed by atoms with van der Waals surface area (Å²) in [6.45, 7) is 3.75. The molecule has 5 nitrogen and oxygen atoms in total. The normalized spacial score (nSPS) is 20.4. The molecule has 1 amide bonds. The molecule has 0 radical (unpaired) electrons. The number of pyridine rings is 1. The zero-order valence-corrected chi connectivity index (χ0v) is 17.4. The summed E-state index contributed by atoms with van der Waals surface area (Å²) in [7, 11) is 1.62. The minimum atomic E-state index is -0.179. The van der Waals surface area contributed by atoms with Crippen LogP contribution in [0.2, 0.25) is 0 Å². The summed E-state index contributed by atoms with van der Waals surface area (Å²) in [5, 5.41) is 0. The number of benzene rings is 1. The van der Waals surface area contributed by atoms with Gasteiger partial charge in [0.15, 0.2) is 5.43 Å². The van der Waals surface area contributed by atoms with E-state index in [1.165, 1.54) is 12.0 Å². The van der Waals surface area contributed by atoms with Crippen LogP contribution in [0.15, 0.2) is 41.2 Å². The standard InChI is InChI=1S/C24H30N2O3/c1-17-13-22(27)23(24(28)26-15-19-10-11-20(26)14-19)21(16-29-2)25(17)12-6-9-18-7-4-3-5-8-18/h3-5,7-8,13,19-20H,6,9-12,14-16H2,1-2H3/t19-,20+/m1/s1. The van der Waals surface area contributed by atoms with E-state index in [4.69, 9.17) is 4.74 Å². The first-order valence-corrected chi connectivity index (χ1v) is 10.7. The highest BCUT2D eigenvalue weighted by molar-refractivity contribution is 5.95. The second-order valence-electron chi connectivity index (χ2n) is 8.44. The van der Waals surface area contributed by atoms with Crippen molar-refractivity contribution in [2.45, 2.75) is 58.2 Å². The average molecular weight is 395 g/mol. The van der Waals surface area contributed by atoms with Gasteiger partial charge in [0.2, 0.25) is 0 Å². The van der Waals surface area contributed by atoms with Crippen LogP contribution in [0.4, 0.5) is 0 Å². The molecule has 1 aromatic carbocycles. The van der Waals surface area contributed by atoms with Gasteiger partial charge in [0, 0.05) is 38.0 Å². The number of methoxy groups -OCH3 is 1. The molecule has 2 aliphatic rings. The summed E-state index contributed by atoms with van der Waals surface area (Å²) < 4.78 is 7.53. The predicted octanol–water partition coefficient (Wildman–Crippen LogP) is 3.56. The van der Waals surface area contributed by atoms with Crippen LogP contribution in [0.1, 0.15) is 53.0 Å². The number of ether oxygens (including phenoxy) is 1. The van der Waals surface area contributed by atoms with Gasteiger partial charge in [0.1, 0.15) is 5.56 Å². The Hall–Kier alpha value is -2.40. The topological polar surface area (TPSA) is 51.5 Å². The molecule has 2 atom stereocenters. The molecular formula is C24H30N2O3. The summed E-state index contributed by atoms with van der Waals surface area (Å²) in [5.41, 5.74) is 3.03. The van der Waals surface area contributed by atoms with E-state index >= 15 is 0 Å². The van der Waals surface area contributed by atoms with Crippen molar-refractivity contribution in [3.8, 4) is 0 Å². The molecule has 1 aromatic heterocycles. The molecule has 29 heavy (non-hydrogen) atoms. The smallest absolute Gasteiger partial charge is 0.259 e. The van der Waals surface area contributed by atoms with Gasteiger partial charge in [-0.3, -0.25) is 9.59 Å². The maximum absolute atomic E-state index is 13.4. The Labute approximate surface area is 172 Å². The first-order chi connectivity index (χ1) is 14.1. The van der Waals surface area contributed by atoms with Crippen LogP contribution >= 0.6 is 0 Å². The van der Waals surface area contributed by atoms with Crippen molar-refractivity contribution >= 4 is 5.91 Å². The van der Waals surface area contributed by atoms with Gasteiger partial charge in [-0.05, 0) is 50.5 Å². The molecule has 154 valence electrons. The lowest BCUT2D eigenvalue weighted by Gasteiger charge is -2.28. The lowest BCUT2D eigenvalue weighted by Crippen LogP contribution is -2.41. The van der Waals surface area contributed by atoms with Gasteiger partial charge in [0.25, 0.3) is 5.91 Å². The molecule has 1 aliphatic heterocycles. The third kappa shape index (κ3) is 4.01. The molecular weight excluding hydrogens is 364 g/mol. The molecule has 1 saturated heterocycles. The fourth-order valence-corrected chi connectivity index (χ4v) is 5.06. The minimum Gasteiger partial charge on any atom is -0.378 e. The summed E-state index contributed by atoms with van der Waals surface area (Å²) in [6.07, 6.45) is 5.25. The number of amides is 1. The predicted molar refractivity (Wildman–Crippen MR) is 113 cm³/mol. The number of hydrogen-bond acceptors (Lipinski definition) is 3. The second-order valence-corrected chi connectivity index (χ2v) is 8.44. The van der Waals surface area contributed by atoms with Crippen molar-refractivity contribution in [3.05, 3.63) is 69.1 Å². The molecule has 1 aliphatic carbocycles. The monoisotopic (exact) mass is 394 g/mol. The van der Waals surface area contributed by atoms with Crippen molar-refractivity contribution in [3.63, 3.8) is 0 Å². The van der Waals surface area contributed by atoms with E-state index in [1.807, 2.05) is 17.9 Å². The second kappa shape index (κ2) is 8.54. The van der Waals surface area contributed by atoms with Crippen LogP contribution in [-0.4, -0.2) is 35.1 Å². The van der Waals surface area contributed by atoms with Crippen LogP contribution in [0.25, 0.3) is 0 Å². The van der Waals surface area contributed by atoms with Gasteiger partial charge < -0.3 is 14.2 Å². The van der Waals surface area contributed by atoms with Crippen molar-refractivity contribution in [1.29, 1.82) is 0 Å². The Morgan fingerprint density at radius 1 is 1.21 bits per heavy atom. The number of nitrogens with zero attached hydrogens (tertiary/aromatic N) is 2. The number of fused-ring (bicyclic) bond motifs is 2. The van der Waals surface area contributed by atoms with Crippen LogP contribution in [0, 0.1) is 12.8 Å². The number of likely N-dealkylation sites (tertiary alicyclic amines) is 1. The molecule has 1 saturated carbocycles. The van der Waals surface area contributed by atoms with Crippen LogP contribution in [0.5, 0.6) is 0 Å². The molecule has 4 rings (SSSR count). The fourth-order valence-electron chi connectivity index (χ4n) is 5.06. The van der Waals surface area contributed by atoms with E-state index in [9.17, 15) is 9.59 Å². The van der Waals surface area contributed by atoms with E-state index in [-0.39, 0.29) is 17.9 Å². The lowest BCUT2D eigenvalue weighted by molar-refractivity contribution is 0.0695. The Morgan fingerprint density at radius 2 is 2.00 bits per heavy atom. The number of hydrogen-bond donors (Lipinski definition) is 0. The zero-order chi connectivity index (χ0) is 20.4. The first kappa shape index (κ1) is 19.9. The van der Waals surface area contributed by atoms with Gasteiger partial charge >= 0.3 is 0 Å². The molecule has 2 bridgehead atoms. The van der Waals surface area contributed by atoms with Gasteiger partial charge in [-0.1, -0.05) is 30.3 Å².